The molecule has 1 heterocycles. The van der Waals surface area contributed by atoms with Gasteiger partial charge in [0.05, 0.1) is 5.56 Å². The van der Waals surface area contributed by atoms with Crippen LogP contribution in [-0.4, -0.2) is 31.9 Å². The van der Waals surface area contributed by atoms with Crippen LogP contribution >= 0.6 is 0 Å². The summed E-state index contributed by atoms with van der Waals surface area (Å²) in [4.78, 5) is 25.8. The Morgan fingerprint density at radius 2 is 1.59 bits per heavy atom. The maximum atomic E-state index is 12.9. The standard InChI is InChI=1S/C22H17N5O2/c1-27-21(24-25-26-27)16-10-7-11-17(14-16)23-22(29)19-13-6-5-12-18(19)20(28)15-8-3-2-4-9-15/h2-14H,1H3,(H,23,29). The van der Waals surface area contributed by atoms with Gasteiger partial charge in [0.25, 0.3) is 5.91 Å². The molecule has 0 aliphatic rings. The number of carbonyl (C=O) groups excluding carboxylic acids is 2. The van der Waals surface area contributed by atoms with Gasteiger partial charge in [-0.15, -0.1) is 5.10 Å². The maximum Gasteiger partial charge on any atom is 0.256 e. The molecule has 0 saturated carbocycles. The van der Waals surface area contributed by atoms with Gasteiger partial charge in [0, 0.05) is 29.4 Å². The second-order valence-electron chi connectivity index (χ2n) is 6.40. The molecule has 1 amide bonds. The predicted octanol–water partition coefficient (Wildman–Crippen LogP) is 3.36. The van der Waals surface area contributed by atoms with E-state index in [0.29, 0.717) is 28.2 Å². The van der Waals surface area contributed by atoms with Crippen LogP contribution in [0.4, 0.5) is 5.69 Å². The quantitative estimate of drug-likeness (QED) is 0.534. The molecule has 0 bridgehead atoms. The largest absolute Gasteiger partial charge is 0.322 e. The molecule has 7 heteroatoms. The van der Waals surface area contributed by atoms with Gasteiger partial charge in [-0.1, -0.05) is 60.7 Å². The number of hydrogen-bond donors (Lipinski definition) is 1. The lowest BCUT2D eigenvalue weighted by atomic mass is 9.98. The van der Waals surface area contributed by atoms with Crippen molar-refractivity contribution in [3.8, 4) is 11.4 Å². The van der Waals surface area contributed by atoms with Crippen molar-refractivity contribution < 1.29 is 9.59 Å². The Labute approximate surface area is 167 Å². The lowest BCUT2D eigenvalue weighted by Gasteiger charge is -2.10. The number of nitrogens with one attached hydrogen (secondary N) is 1. The molecule has 142 valence electrons. The number of aromatic nitrogens is 4. The number of tetrazole rings is 1. The van der Waals surface area contributed by atoms with Gasteiger partial charge < -0.3 is 5.32 Å². The molecule has 4 aromatic rings. The summed E-state index contributed by atoms with van der Waals surface area (Å²) in [6, 6.07) is 22.9. The number of nitrogens with zero attached hydrogens (tertiary/aromatic N) is 4. The number of aryl methyl sites for hydroxylation is 1. The van der Waals surface area contributed by atoms with E-state index in [4.69, 9.17) is 0 Å². The van der Waals surface area contributed by atoms with Gasteiger partial charge in [-0.2, -0.15) is 0 Å². The third-order valence-electron chi connectivity index (χ3n) is 4.45. The van der Waals surface area contributed by atoms with Crippen molar-refractivity contribution >= 4 is 17.4 Å². The van der Waals surface area contributed by atoms with Crippen molar-refractivity contribution in [2.24, 2.45) is 7.05 Å². The zero-order valence-corrected chi connectivity index (χ0v) is 15.6. The average Bonchev–Trinajstić information content (AvgIpc) is 3.20. The minimum atomic E-state index is -0.363. The lowest BCUT2D eigenvalue weighted by molar-refractivity contribution is 0.0996. The molecular formula is C22H17N5O2. The van der Waals surface area contributed by atoms with E-state index in [9.17, 15) is 9.59 Å². The number of rotatable bonds is 5. The van der Waals surface area contributed by atoms with Crippen LogP contribution in [0, 0.1) is 0 Å². The Morgan fingerprint density at radius 1 is 0.862 bits per heavy atom. The smallest absolute Gasteiger partial charge is 0.256 e. The SMILES string of the molecule is Cn1nnnc1-c1cccc(NC(=O)c2ccccc2C(=O)c2ccccc2)c1. The molecule has 1 N–H and O–H groups in total. The molecule has 0 fully saturated rings. The highest BCUT2D eigenvalue weighted by Crippen LogP contribution is 2.21. The van der Waals surface area contributed by atoms with E-state index in [1.165, 1.54) is 0 Å². The number of ketones is 1. The summed E-state index contributed by atoms with van der Waals surface area (Å²) >= 11 is 0. The van der Waals surface area contributed by atoms with Crippen molar-refractivity contribution in [1.29, 1.82) is 0 Å². The molecule has 29 heavy (non-hydrogen) atoms. The Bertz CT molecular complexity index is 1180. The van der Waals surface area contributed by atoms with Crippen LogP contribution in [-0.2, 0) is 7.05 Å². The minimum absolute atomic E-state index is 0.199. The summed E-state index contributed by atoms with van der Waals surface area (Å²) in [5.41, 5.74) is 2.54. The molecule has 0 aliphatic heterocycles. The Hall–Kier alpha value is -4.13. The molecule has 0 unspecified atom stereocenters. The molecule has 0 aliphatic carbocycles. The fourth-order valence-electron chi connectivity index (χ4n) is 3.03. The second kappa shape index (κ2) is 7.85. The summed E-state index contributed by atoms with van der Waals surface area (Å²) in [7, 11) is 1.74. The zero-order valence-electron chi connectivity index (χ0n) is 15.6. The number of benzene rings is 3. The number of amides is 1. The van der Waals surface area contributed by atoms with Gasteiger partial charge in [0.15, 0.2) is 11.6 Å². The minimum Gasteiger partial charge on any atom is -0.322 e. The van der Waals surface area contributed by atoms with Crippen LogP contribution in [0.5, 0.6) is 0 Å². The van der Waals surface area contributed by atoms with Crippen LogP contribution in [0.25, 0.3) is 11.4 Å². The number of hydrogen-bond acceptors (Lipinski definition) is 5. The van der Waals surface area contributed by atoms with E-state index in [1.807, 2.05) is 12.1 Å². The molecule has 3 aromatic carbocycles. The van der Waals surface area contributed by atoms with Gasteiger partial charge in [-0.25, -0.2) is 4.68 Å². The molecule has 4 rings (SSSR count). The molecular weight excluding hydrogens is 366 g/mol. The van der Waals surface area contributed by atoms with Crippen LogP contribution in [0.2, 0.25) is 0 Å². The summed E-state index contributed by atoms with van der Waals surface area (Å²) < 4.78 is 1.55. The van der Waals surface area contributed by atoms with Gasteiger partial charge >= 0.3 is 0 Å². The van der Waals surface area contributed by atoms with Crippen LogP contribution < -0.4 is 5.32 Å². The lowest BCUT2D eigenvalue weighted by Crippen LogP contribution is -2.17. The van der Waals surface area contributed by atoms with E-state index in [1.54, 1.807) is 78.5 Å². The zero-order chi connectivity index (χ0) is 20.2. The van der Waals surface area contributed by atoms with Crippen LogP contribution in [0.15, 0.2) is 78.9 Å². The third kappa shape index (κ3) is 3.79. The highest BCUT2D eigenvalue weighted by molar-refractivity contribution is 6.17. The van der Waals surface area contributed by atoms with Crippen LogP contribution in [0.3, 0.4) is 0 Å². The molecule has 0 spiro atoms. The monoisotopic (exact) mass is 383 g/mol. The maximum absolute atomic E-state index is 12.9. The normalized spacial score (nSPS) is 10.5. The Balaban J connectivity index is 1.62. The first-order valence-electron chi connectivity index (χ1n) is 8.96. The van der Waals surface area contributed by atoms with E-state index in [-0.39, 0.29) is 11.7 Å². The fraction of sp³-hybridized carbons (Fsp3) is 0.0455. The third-order valence-corrected chi connectivity index (χ3v) is 4.45. The average molecular weight is 383 g/mol. The predicted molar refractivity (Wildman–Crippen MR) is 109 cm³/mol. The highest BCUT2D eigenvalue weighted by Gasteiger charge is 2.18. The van der Waals surface area contributed by atoms with Gasteiger partial charge in [0.2, 0.25) is 0 Å². The van der Waals surface area contributed by atoms with Crippen molar-refractivity contribution in [2.75, 3.05) is 5.32 Å². The van der Waals surface area contributed by atoms with Crippen molar-refractivity contribution in [1.82, 2.24) is 20.2 Å². The highest BCUT2D eigenvalue weighted by atomic mass is 16.2. The fourth-order valence-corrected chi connectivity index (χ4v) is 3.03. The summed E-state index contributed by atoms with van der Waals surface area (Å²) in [5.74, 6) is 0.0223. The van der Waals surface area contributed by atoms with Crippen molar-refractivity contribution in [3.63, 3.8) is 0 Å². The first kappa shape index (κ1) is 18.2. The van der Waals surface area contributed by atoms with E-state index in [0.717, 1.165) is 5.56 Å². The van der Waals surface area contributed by atoms with E-state index < -0.39 is 0 Å². The van der Waals surface area contributed by atoms with Gasteiger partial charge in [-0.05, 0) is 28.6 Å². The summed E-state index contributed by atoms with van der Waals surface area (Å²) in [6.45, 7) is 0. The first-order chi connectivity index (χ1) is 14.1. The molecule has 0 atom stereocenters. The number of carbonyl (C=O) groups is 2. The molecule has 0 saturated heterocycles. The van der Waals surface area contributed by atoms with Gasteiger partial charge in [-0.3, -0.25) is 9.59 Å². The van der Waals surface area contributed by atoms with Gasteiger partial charge in [0.1, 0.15) is 0 Å². The topological polar surface area (TPSA) is 89.8 Å². The second-order valence-corrected chi connectivity index (χ2v) is 6.40. The van der Waals surface area contributed by atoms with Crippen molar-refractivity contribution in [3.05, 3.63) is 95.6 Å². The number of anilines is 1. The molecule has 0 radical (unpaired) electrons. The Kier molecular flexibility index (Phi) is 4.94. The first-order valence-corrected chi connectivity index (χ1v) is 8.96. The molecule has 1 aromatic heterocycles. The Morgan fingerprint density at radius 3 is 2.31 bits per heavy atom. The van der Waals surface area contributed by atoms with Crippen LogP contribution in [0.1, 0.15) is 26.3 Å². The summed E-state index contributed by atoms with van der Waals surface area (Å²) in [6.07, 6.45) is 0. The van der Waals surface area contributed by atoms with Crippen molar-refractivity contribution in [2.45, 2.75) is 0 Å². The van der Waals surface area contributed by atoms with E-state index >= 15 is 0 Å². The summed E-state index contributed by atoms with van der Waals surface area (Å²) in [5, 5.41) is 14.3. The molecule has 7 nitrogen and oxygen atoms in total. The van der Waals surface area contributed by atoms with E-state index in [2.05, 4.69) is 20.8 Å².